The van der Waals surface area contributed by atoms with Gasteiger partial charge in [-0.15, -0.1) is 5.10 Å². The SMILES string of the molecule is CNCCOCCn1cc(-c2ccc(OCC(=O)C(C)C)cc2)nn1. The highest BCUT2D eigenvalue weighted by atomic mass is 16.5. The number of nitrogens with one attached hydrogen (secondary N) is 1. The Morgan fingerprint density at radius 2 is 2.00 bits per heavy atom. The minimum absolute atomic E-state index is 0.0171. The lowest BCUT2D eigenvalue weighted by atomic mass is 10.1. The van der Waals surface area contributed by atoms with E-state index in [4.69, 9.17) is 9.47 Å². The van der Waals surface area contributed by atoms with Crippen molar-refractivity contribution >= 4 is 5.78 Å². The molecule has 0 saturated heterocycles. The number of carbonyl (C=O) groups excluding carboxylic acids is 1. The fraction of sp³-hybridized carbons (Fsp3) is 0.500. The molecule has 2 aromatic rings. The molecule has 1 heterocycles. The second-order valence-corrected chi connectivity index (χ2v) is 6.02. The third-order valence-corrected chi connectivity index (χ3v) is 3.67. The number of ether oxygens (including phenoxy) is 2. The lowest BCUT2D eigenvalue weighted by Crippen LogP contribution is -2.16. The first-order chi connectivity index (χ1) is 12.1. The van der Waals surface area contributed by atoms with E-state index in [-0.39, 0.29) is 18.3 Å². The molecule has 2 rings (SSSR count). The van der Waals surface area contributed by atoms with Gasteiger partial charge in [0.2, 0.25) is 0 Å². The Balaban J connectivity index is 1.84. The molecular formula is C18H26N4O3. The Labute approximate surface area is 148 Å². The molecule has 1 N–H and O–H groups in total. The van der Waals surface area contributed by atoms with E-state index in [9.17, 15) is 4.79 Å². The molecule has 0 bridgehead atoms. The molecule has 0 atom stereocenters. The fourth-order valence-corrected chi connectivity index (χ4v) is 2.02. The van der Waals surface area contributed by atoms with Crippen molar-refractivity contribution in [2.75, 3.05) is 33.4 Å². The Kier molecular flexibility index (Phi) is 7.56. The van der Waals surface area contributed by atoms with E-state index in [0.29, 0.717) is 25.5 Å². The number of carbonyl (C=O) groups is 1. The van der Waals surface area contributed by atoms with Gasteiger partial charge in [-0.25, -0.2) is 4.68 Å². The fourth-order valence-electron chi connectivity index (χ4n) is 2.02. The van der Waals surface area contributed by atoms with Crippen LogP contribution in [0.1, 0.15) is 13.8 Å². The van der Waals surface area contributed by atoms with Crippen molar-refractivity contribution in [3.05, 3.63) is 30.5 Å². The van der Waals surface area contributed by atoms with Crippen LogP contribution in [-0.2, 0) is 16.1 Å². The lowest BCUT2D eigenvalue weighted by molar-refractivity contribution is -0.123. The van der Waals surface area contributed by atoms with Crippen molar-refractivity contribution in [3.8, 4) is 17.0 Å². The molecule has 0 radical (unpaired) electrons. The topological polar surface area (TPSA) is 78.3 Å². The molecule has 0 fully saturated rings. The predicted molar refractivity (Wildman–Crippen MR) is 95.5 cm³/mol. The minimum atomic E-state index is -0.0171. The Morgan fingerprint density at radius 1 is 1.24 bits per heavy atom. The number of likely N-dealkylation sites (N-methyl/N-ethyl adjacent to an activating group) is 1. The summed E-state index contributed by atoms with van der Waals surface area (Å²) in [7, 11) is 1.89. The van der Waals surface area contributed by atoms with Crippen molar-refractivity contribution in [3.63, 3.8) is 0 Å². The molecule has 0 aliphatic rings. The summed E-state index contributed by atoms with van der Waals surface area (Å²) in [5.74, 6) is 0.739. The number of hydrogen-bond acceptors (Lipinski definition) is 6. The largest absolute Gasteiger partial charge is 0.486 e. The van der Waals surface area contributed by atoms with Crippen LogP contribution in [0, 0.1) is 5.92 Å². The molecule has 136 valence electrons. The zero-order chi connectivity index (χ0) is 18.1. The molecule has 7 heteroatoms. The Hall–Kier alpha value is -2.25. The number of ketones is 1. The van der Waals surface area contributed by atoms with Gasteiger partial charge in [0.15, 0.2) is 5.78 Å². The molecule has 7 nitrogen and oxygen atoms in total. The summed E-state index contributed by atoms with van der Waals surface area (Å²) in [5.41, 5.74) is 1.74. The molecule has 0 aliphatic carbocycles. The third-order valence-electron chi connectivity index (χ3n) is 3.67. The molecule has 0 aliphatic heterocycles. The van der Waals surface area contributed by atoms with Crippen LogP contribution in [0.15, 0.2) is 30.5 Å². The van der Waals surface area contributed by atoms with Crippen molar-refractivity contribution in [1.29, 1.82) is 0 Å². The van der Waals surface area contributed by atoms with Crippen molar-refractivity contribution < 1.29 is 14.3 Å². The van der Waals surface area contributed by atoms with Crippen LogP contribution in [0.3, 0.4) is 0 Å². The maximum absolute atomic E-state index is 11.6. The normalized spacial score (nSPS) is 11.0. The van der Waals surface area contributed by atoms with Crippen molar-refractivity contribution in [2.24, 2.45) is 5.92 Å². The van der Waals surface area contributed by atoms with E-state index in [1.807, 2.05) is 51.4 Å². The molecule has 0 unspecified atom stereocenters. The van der Waals surface area contributed by atoms with Crippen LogP contribution in [0.25, 0.3) is 11.3 Å². The monoisotopic (exact) mass is 346 g/mol. The molecular weight excluding hydrogens is 320 g/mol. The van der Waals surface area contributed by atoms with Crippen molar-refractivity contribution in [1.82, 2.24) is 20.3 Å². The van der Waals surface area contributed by atoms with Gasteiger partial charge in [-0.3, -0.25) is 4.79 Å². The van der Waals surface area contributed by atoms with Crippen LogP contribution in [0.4, 0.5) is 0 Å². The number of aromatic nitrogens is 3. The van der Waals surface area contributed by atoms with E-state index >= 15 is 0 Å². The second-order valence-electron chi connectivity index (χ2n) is 6.02. The summed E-state index contributed by atoms with van der Waals surface area (Å²) in [5, 5.41) is 11.3. The number of rotatable bonds is 11. The molecule has 1 aromatic heterocycles. The smallest absolute Gasteiger partial charge is 0.172 e. The molecule has 0 saturated carbocycles. The van der Waals surface area contributed by atoms with Gasteiger partial charge in [0, 0.05) is 18.0 Å². The lowest BCUT2D eigenvalue weighted by Gasteiger charge is -2.07. The van der Waals surface area contributed by atoms with Gasteiger partial charge >= 0.3 is 0 Å². The van der Waals surface area contributed by atoms with E-state index in [1.165, 1.54) is 0 Å². The Bertz CT molecular complexity index is 653. The summed E-state index contributed by atoms with van der Waals surface area (Å²) in [6.45, 7) is 6.60. The van der Waals surface area contributed by atoms with E-state index in [1.54, 1.807) is 4.68 Å². The minimum Gasteiger partial charge on any atom is -0.486 e. The van der Waals surface area contributed by atoms with Gasteiger partial charge in [-0.2, -0.15) is 0 Å². The third kappa shape index (κ3) is 6.28. The van der Waals surface area contributed by atoms with E-state index in [2.05, 4.69) is 15.6 Å². The maximum Gasteiger partial charge on any atom is 0.172 e. The van der Waals surface area contributed by atoms with Crippen LogP contribution in [-0.4, -0.2) is 54.2 Å². The van der Waals surface area contributed by atoms with Gasteiger partial charge in [-0.05, 0) is 31.3 Å². The van der Waals surface area contributed by atoms with Gasteiger partial charge < -0.3 is 14.8 Å². The second kappa shape index (κ2) is 9.90. The summed E-state index contributed by atoms with van der Waals surface area (Å²) in [4.78, 5) is 11.6. The van der Waals surface area contributed by atoms with Crippen LogP contribution in [0.2, 0.25) is 0 Å². The van der Waals surface area contributed by atoms with Crippen molar-refractivity contribution in [2.45, 2.75) is 20.4 Å². The highest BCUT2D eigenvalue weighted by Gasteiger charge is 2.08. The van der Waals surface area contributed by atoms with Gasteiger partial charge in [-0.1, -0.05) is 19.1 Å². The van der Waals surface area contributed by atoms with Gasteiger partial charge in [0.05, 0.1) is 26.0 Å². The van der Waals surface area contributed by atoms with E-state index < -0.39 is 0 Å². The molecule has 0 amide bonds. The average molecular weight is 346 g/mol. The van der Waals surface area contributed by atoms with Crippen LogP contribution >= 0.6 is 0 Å². The van der Waals surface area contributed by atoms with Gasteiger partial charge in [0.25, 0.3) is 0 Å². The first kappa shape index (κ1) is 19.1. The van der Waals surface area contributed by atoms with Crippen LogP contribution in [0.5, 0.6) is 5.75 Å². The van der Waals surface area contributed by atoms with E-state index in [0.717, 1.165) is 17.8 Å². The zero-order valence-electron chi connectivity index (χ0n) is 15.1. The number of hydrogen-bond donors (Lipinski definition) is 1. The summed E-state index contributed by atoms with van der Waals surface area (Å²) in [6, 6.07) is 7.49. The van der Waals surface area contributed by atoms with Gasteiger partial charge in [0.1, 0.15) is 18.1 Å². The number of Topliss-reactive ketones (excluding diaryl/α,β-unsaturated/α-hetero) is 1. The number of nitrogens with zero attached hydrogens (tertiary/aromatic N) is 3. The molecule has 25 heavy (non-hydrogen) atoms. The van der Waals surface area contributed by atoms with Crippen LogP contribution < -0.4 is 10.1 Å². The molecule has 1 aromatic carbocycles. The number of benzene rings is 1. The average Bonchev–Trinajstić information content (AvgIpc) is 3.08. The predicted octanol–water partition coefficient (Wildman–Crippen LogP) is 1.78. The highest BCUT2D eigenvalue weighted by Crippen LogP contribution is 2.20. The first-order valence-electron chi connectivity index (χ1n) is 8.48. The molecule has 0 spiro atoms. The summed E-state index contributed by atoms with van der Waals surface area (Å²) < 4.78 is 12.7. The maximum atomic E-state index is 11.6. The first-order valence-corrected chi connectivity index (χ1v) is 8.48. The highest BCUT2D eigenvalue weighted by molar-refractivity contribution is 5.81. The quantitative estimate of drug-likeness (QED) is 0.625. The zero-order valence-corrected chi connectivity index (χ0v) is 15.1. The Morgan fingerprint density at radius 3 is 2.68 bits per heavy atom. The summed E-state index contributed by atoms with van der Waals surface area (Å²) >= 11 is 0. The standard InChI is InChI=1S/C18H26N4O3/c1-14(2)18(23)13-25-16-6-4-15(5-7-16)17-12-22(21-20-17)9-11-24-10-8-19-3/h4-7,12,14,19H,8-11,13H2,1-3H3. The summed E-state index contributed by atoms with van der Waals surface area (Å²) in [6.07, 6.45) is 1.89.